The summed E-state index contributed by atoms with van der Waals surface area (Å²) in [4.78, 5) is 12.5. The van der Waals surface area contributed by atoms with Gasteiger partial charge in [-0.1, -0.05) is 24.1 Å². The van der Waals surface area contributed by atoms with Crippen molar-refractivity contribution in [2.45, 2.75) is 31.5 Å². The predicted octanol–water partition coefficient (Wildman–Crippen LogP) is 2.78. The zero-order chi connectivity index (χ0) is 19.9. The average Bonchev–Trinajstić information content (AvgIpc) is 2.65. The van der Waals surface area contributed by atoms with Gasteiger partial charge in [0, 0.05) is 11.3 Å². The summed E-state index contributed by atoms with van der Waals surface area (Å²) in [6, 6.07) is 13.1. The highest BCUT2D eigenvalue weighted by Crippen LogP contribution is 2.16. The number of anilines is 1. The van der Waals surface area contributed by atoms with Gasteiger partial charge in [-0.25, -0.2) is 8.42 Å². The Hall–Kier alpha value is -2.66. The minimum Gasteiger partial charge on any atom is -0.374 e. The first-order valence-corrected chi connectivity index (χ1v) is 9.85. The zero-order valence-electron chi connectivity index (χ0n) is 15.2. The van der Waals surface area contributed by atoms with Gasteiger partial charge in [0.2, 0.25) is 10.0 Å². The molecule has 2 aromatic carbocycles. The van der Waals surface area contributed by atoms with Gasteiger partial charge in [0.05, 0.1) is 24.2 Å². The molecule has 0 fully saturated rings. The van der Waals surface area contributed by atoms with Gasteiger partial charge in [0.25, 0.3) is 5.91 Å². The molecule has 0 bridgehead atoms. The highest BCUT2D eigenvalue weighted by Gasteiger charge is 2.15. The van der Waals surface area contributed by atoms with Crippen LogP contribution in [-0.2, 0) is 21.4 Å². The molecule has 1 amide bonds. The molecule has 2 rings (SSSR count). The van der Waals surface area contributed by atoms with Crippen LogP contribution in [-0.4, -0.2) is 27.0 Å². The third-order valence-electron chi connectivity index (χ3n) is 3.54. The molecule has 27 heavy (non-hydrogen) atoms. The Kier molecular flexibility index (Phi) is 7.13. The van der Waals surface area contributed by atoms with E-state index in [9.17, 15) is 13.2 Å². The highest BCUT2D eigenvalue weighted by atomic mass is 32.2. The molecule has 142 valence electrons. The molecule has 2 N–H and O–H groups in total. The van der Waals surface area contributed by atoms with E-state index in [1.807, 2.05) is 32.0 Å². The topological polar surface area (TPSA) is 84.5 Å². The first kappa shape index (κ1) is 20.6. The first-order chi connectivity index (χ1) is 12.8. The van der Waals surface area contributed by atoms with Crippen LogP contribution in [0, 0.1) is 12.3 Å². The van der Waals surface area contributed by atoms with Gasteiger partial charge in [0.1, 0.15) is 0 Å². The number of carbonyl (C=O) groups is 1. The van der Waals surface area contributed by atoms with E-state index in [4.69, 9.17) is 11.2 Å². The van der Waals surface area contributed by atoms with Crippen molar-refractivity contribution in [1.82, 2.24) is 4.72 Å². The lowest BCUT2D eigenvalue weighted by Gasteiger charge is -2.10. The Bertz CT molecular complexity index is 946. The van der Waals surface area contributed by atoms with Crippen molar-refractivity contribution in [3.05, 3.63) is 59.7 Å². The SMILES string of the molecule is C#CCNS(=O)(=O)c1cccc(C(=O)Nc2cccc(COC(C)C)c2)c1. The van der Waals surface area contributed by atoms with E-state index in [0.29, 0.717) is 12.3 Å². The molecule has 2 aromatic rings. The molecule has 0 aliphatic rings. The molecule has 0 heterocycles. The molecule has 0 aliphatic heterocycles. The minimum absolute atomic E-state index is 0.0236. The third kappa shape index (κ3) is 6.22. The molecule has 0 atom stereocenters. The number of sulfonamides is 1. The van der Waals surface area contributed by atoms with Gasteiger partial charge in [0.15, 0.2) is 0 Å². The van der Waals surface area contributed by atoms with Crippen LogP contribution in [0.15, 0.2) is 53.4 Å². The Morgan fingerprint density at radius 2 is 1.93 bits per heavy atom. The van der Waals surface area contributed by atoms with Gasteiger partial charge in [-0.15, -0.1) is 6.42 Å². The number of benzene rings is 2. The van der Waals surface area contributed by atoms with Crippen LogP contribution in [0.1, 0.15) is 29.8 Å². The first-order valence-electron chi connectivity index (χ1n) is 8.37. The molecular weight excluding hydrogens is 364 g/mol. The van der Waals surface area contributed by atoms with Crippen molar-refractivity contribution >= 4 is 21.6 Å². The summed E-state index contributed by atoms with van der Waals surface area (Å²) in [6.07, 6.45) is 5.19. The molecular formula is C20H22N2O4S. The number of hydrogen-bond acceptors (Lipinski definition) is 4. The second kappa shape index (κ2) is 9.33. The maximum absolute atomic E-state index is 12.5. The van der Waals surface area contributed by atoms with Crippen LogP contribution in [0.3, 0.4) is 0 Å². The summed E-state index contributed by atoms with van der Waals surface area (Å²) >= 11 is 0. The average molecular weight is 386 g/mol. The Labute approximate surface area is 160 Å². The van der Waals surface area contributed by atoms with Gasteiger partial charge >= 0.3 is 0 Å². The van der Waals surface area contributed by atoms with Gasteiger partial charge in [-0.2, -0.15) is 4.72 Å². The number of hydrogen-bond donors (Lipinski definition) is 2. The van der Waals surface area contributed by atoms with Crippen molar-refractivity contribution in [2.24, 2.45) is 0 Å². The van der Waals surface area contributed by atoms with Crippen molar-refractivity contribution in [2.75, 3.05) is 11.9 Å². The molecule has 0 saturated heterocycles. The van der Waals surface area contributed by atoms with Crippen molar-refractivity contribution < 1.29 is 17.9 Å². The standard InChI is InChI=1S/C20H22N2O4S/c1-4-11-21-27(24,25)19-10-6-8-17(13-19)20(23)22-18-9-5-7-16(12-18)14-26-15(2)3/h1,5-10,12-13,15,21H,11,14H2,2-3H3,(H,22,23). The van der Waals surface area contributed by atoms with Crippen molar-refractivity contribution in [3.63, 3.8) is 0 Å². The van der Waals surface area contributed by atoms with Crippen LogP contribution in [0.2, 0.25) is 0 Å². The largest absolute Gasteiger partial charge is 0.374 e. The number of nitrogens with one attached hydrogen (secondary N) is 2. The summed E-state index contributed by atoms with van der Waals surface area (Å²) in [7, 11) is -3.76. The molecule has 0 spiro atoms. The molecule has 0 aromatic heterocycles. The summed E-state index contributed by atoms with van der Waals surface area (Å²) < 4.78 is 32.1. The second-order valence-electron chi connectivity index (χ2n) is 6.07. The normalized spacial score (nSPS) is 11.2. The fraction of sp³-hybridized carbons (Fsp3) is 0.250. The van der Waals surface area contributed by atoms with E-state index in [1.54, 1.807) is 12.1 Å². The summed E-state index contributed by atoms with van der Waals surface area (Å²) in [6.45, 7) is 4.22. The van der Waals surface area contributed by atoms with Crippen LogP contribution >= 0.6 is 0 Å². The lowest BCUT2D eigenvalue weighted by molar-refractivity contribution is 0.0657. The summed E-state index contributed by atoms with van der Waals surface area (Å²) in [5.74, 6) is 1.80. The van der Waals surface area contributed by atoms with Crippen molar-refractivity contribution in [1.29, 1.82) is 0 Å². The van der Waals surface area contributed by atoms with Crippen molar-refractivity contribution in [3.8, 4) is 12.3 Å². The minimum atomic E-state index is -3.76. The Balaban J connectivity index is 2.14. The van der Waals surface area contributed by atoms with Crippen LogP contribution in [0.5, 0.6) is 0 Å². The Morgan fingerprint density at radius 3 is 2.63 bits per heavy atom. The highest BCUT2D eigenvalue weighted by molar-refractivity contribution is 7.89. The number of ether oxygens (including phenoxy) is 1. The quantitative estimate of drug-likeness (QED) is 0.683. The van der Waals surface area contributed by atoms with E-state index in [2.05, 4.69) is 16.0 Å². The van der Waals surface area contributed by atoms with Crippen LogP contribution in [0.4, 0.5) is 5.69 Å². The van der Waals surface area contributed by atoms with Crippen LogP contribution < -0.4 is 10.0 Å². The maximum Gasteiger partial charge on any atom is 0.255 e. The Morgan fingerprint density at radius 1 is 1.19 bits per heavy atom. The molecule has 6 nitrogen and oxygen atoms in total. The second-order valence-corrected chi connectivity index (χ2v) is 7.84. The molecule has 0 unspecified atom stereocenters. The van der Waals surface area contributed by atoms with E-state index < -0.39 is 15.9 Å². The van der Waals surface area contributed by atoms with E-state index in [1.165, 1.54) is 18.2 Å². The summed E-state index contributed by atoms with van der Waals surface area (Å²) in [5.41, 5.74) is 1.75. The van der Waals surface area contributed by atoms with Gasteiger partial charge in [-0.3, -0.25) is 4.79 Å². The fourth-order valence-corrected chi connectivity index (χ4v) is 3.21. The smallest absolute Gasteiger partial charge is 0.255 e. The zero-order valence-corrected chi connectivity index (χ0v) is 16.0. The molecule has 0 aliphatic carbocycles. The summed E-state index contributed by atoms with van der Waals surface area (Å²) in [5, 5.41) is 2.77. The molecule has 0 radical (unpaired) electrons. The number of carbonyl (C=O) groups excluding carboxylic acids is 1. The van der Waals surface area contributed by atoms with E-state index >= 15 is 0 Å². The molecule has 7 heteroatoms. The van der Waals surface area contributed by atoms with E-state index in [-0.39, 0.29) is 23.1 Å². The lowest BCUT2D eigenvalue weighted by Crippen LogP contribution is -2.24. The van der Waals surface area contributed by atoms with Gasteiger partial charge < -0.3 is 10.1 Å². The van der Waals surface area contributed by atoms with Crippen LogP contribution in [0.25, 0.3) is 0 Å². The van der Waals surface area contributed by atoms with Gasteiger partial charge in [-0.05, 0) is 49.7 Å². The number of rotatable bonds is 8. The maximum atomic E-state index is 12.5. The fourth-order valence-electron chi connectivity index (χ4n) is 2.23. The monoisotopic (exact) mass is 386 g/mol. The molecule has 0 saturated carbocycles. The van der Waals surface area contributed by atoms with E-state index in [0.717, 1.165) is 5.56 Å². The predicted molar refractivity (Wildman–Crippen MR) is 105 cm³/mol. The number of terminal acetylenes is 1. The lowest BCUT2D eigenvalue weighted by atomic mass is 10.2. The third-order valence-corrected chi connectivity index (χ3v) is 4.94. The number of amides is 1.